The molecule has 2 heteroatoms. The molecular formula is C16H27NS. The minimum Gasteiger partial charge on any atom is -0.313 e. The van der Waals surface area contributed by atoms with Crippen molar-refractivity contribution in [2.24, 2.45) is 5.92 Å². The normalized spacial score (nSPS) is 21.0. The number of nitrogens with one attached hydrogen (secondary N) is 1. The van der Waals surface area contributed by atoms with Crippen molar-refractivity contribution >= 4 is 11.3 Å². The van der Waals surface area contributed by atoms with Crippen LogP contribution in [-0.4, -0.2) is 12.6 Å². The second-order valence-corrected chi connectivity index (χ2v) is 6.46. The van der Waals surface area contributed by atoms with Gasteiger partial charge in [-0.2, -0.15) is 0 Å². The molecule has 1 aromatic rings. The second-order valence-electron chi connectivity index (χ2n) is 5.46. The van der Waals surface area contributed by atoms with Crippen molar-refractivity contribution in [2.45, 2.75) is 64.8 Å². The molecule has 0 amide bonds. The Balaban J connectivity index is 2.22. The zero-order valence-electron chi connectivity index (χ0n) is 12.0. The Kier molecular flexibility index (Phi) is 5.25. The standard InChI is InChI=1S/C16H27NS/c1-4-12(5-2)16(17-6-3)14-8-7-9-15-13(14)10-11-18-15/h10-12,14,16-17H,4-9H2,1-3H3. The van der Waals surface area contributed by atoms with Crippen molar-refractivity contribution in [3.63, 3.8) is 0 Å². The van der Waals surface area contributed by atoms with E-state index in [0.717, 1.165) is 18.4 Å². The minimum absolute atomic E-state index is 0.679. The van der Waals surface area contributed by atoms with Crippen LogP contribution >= 0.6 is 11.3 Å². The number of hydrogen-bond acceptors (Lipinski definition) is 2. The first-order chi connectivity index (χ1) is 8.81. The van der Waals surface area contributed by atoms with E-state index in [1.165, 1.54) is 32.1 Å². The van der Waals surface area contributed by atoms with Crippen LogP contribution in [0.2, 0.25) is 0 Å². The van der Waals surface area contributed by atoms with Crippen LogP contribution in [0.15, 0.2) is 11.4 Å². The number of likely N-dealkylation sites (N-methyl/N-ethyl adjacent to an activating group) is 1. The fourth-order valence-corrected chi connectivity index (χ4v) is 4.56. The van der Waals surface area contributed by atoms with Gasteiger partial charge in [0.1, 0.15) is 0 Å². The van der Waals surface area contributed by atoms with E-state index in [1.807, 2.05) is 11.3 Å². The van der Waals surface area contributed by atoms with E-state index in [-0.39, 0.29) is 0 Å². The summed E-state index contributed by atoms with van der Waals surface area (Å²) in [5, 5.41) is 6.08. The third kappa shape index (κ3) is 2.80. The molecule has 2 rings (SSSR count). The number of thiophene rings is 1. The lowest BCUT2D eigenvalue weighted by atomic mass is 9.76. The highest BCUT2D eigenvalue weighted by Crippen LogP contribution is 2.39. The van der Waals surface area contributed by atoms with E-state index in [0.29, 0.717) is 6.04 Å². The minimum atomic E-state index is 0.679. The predicted molar refractivity (Wildman–Crippen MR) is 81.5 cm³/mol. The Morgan fingerprint density at radius 1 is 1.33 bits per heavy atom. The van der Waals surface area contributed by atoms with Crippen molar-refractivity contribution < 1.29 is 0 Å². The van der Waals surface area contributed by atoms with Crippen LogP contribution in [0.4, 0.5) is 0 Å². The number of rotatable bonds is 6. The SMILES string of the molecule is CCNC(C(CC)CC)C1CCCc2sccc21. The summed E-state index contributed by atoms with van der Waals surface area (Å²) in [5.41, 5.74) is 1.66. The van der Waals surface area contributed by atoms with Crippen LogP contribution < -0.4 is 5.32 Å². The maximum Gasteiger partial charge on any atom is 0.0164 e. The highest BCUT2D eigenvalue weighted by Gasteiger charge is 2.31. The fraction of sp³-hybridized carbons (Fsp3) is 0.750. The highest BCUT2D eigenvalue weighted by molar-refractivity contribution is 7.10. The van der Waals surface area contributed by atoms with E-state index >= 15 is 0 Å². The first kappa shape index (κ1) is 14.1. The molecule has 0 spiro atoms. The van der Waals surface area contributed by atoms with Crippen molar-refractivity contribution in [1.82, 2.24) is 5.32 Å². The molecule has 1 aliphatic carbocycles. The van der Waals surface area contributed by atoms with Gasteiger partial charge in [-0.1, -0.05) is 33.6 Å². The van der Waals surface area contributed by atoms with E-state index in [1.54, 1.807) is 10.4 Å². The van der Waals surface area contributed by atoms with Gasteiger partial charge in [0.15, 0.2) is 0 Å². The molecule has 102 valence electrons. The maximum atomic E-state index is 3.79. The predicted octanol–water partition coefficient (Wildman–Crippen LogP) is 4.58. The number of fused-ring (bicyclic) bond motifs is 1. The third-order valence-corrected chi connectivity index (χ3v) is 5.52. The summed E-state index contributed by atoms with van der Waals surface area (Å²) in [4.78, 5) is 1.65. The van der Waals surface area contributed by atoms with Crippen molar-refractivity contribution in [2.75, 3.05) is 6.54 Å². The Morgan fingerprint density at radius 3 is 2.78 bits per heavy atom. The summed E-state index contributed by atoms with van der Waals surface area (Å²) in [6.45, 7) is 8.02. The van der Waals surface area contributed by atoms with E-state index in [2.05, 4.69) is 37.5 Å². The zero-order valence-corrected chi connectivity index (χ0v) is 12.9. The topological polar surface area (TPSA) is 12.0 Å². The van der Waals surface area contributed by atoms with Crippen molar-refractivity contribution in [1.29, 1.82) is 0 Å². The molecule has 18 heavy (non-hydrogen) atoms. The molecule has 0 saturated carbocycles. The molecule has 0 bridgehead atoms. The molecule has 1 aliphatic rings. The van der Waals surface area contributed by atoms with Gasteiger partial charge >= 0.3 is 0 Å². The lowest BCUT2D eigenvalue weighted by Gasteiger charge is -2.36. The summed E-state index contributed by atoms with van der Waals surface area (Å²) in [6.07, 6.45) is 6.65. The van der Waals surface area contributed by atoms with E-state index < -0.39 is 0 Å². The lowest BCUT2D eigenvalue weighted by Crippen LogP contribution is -2.41. The monoisotopic (exact) mass is 265 g/mol. The average molecular weight is 265 g/mol. The zero-order chi connectivity index (χ0) is 13.0. The Hall–Kier alpha value is -0.340. The summed E-state index contributed by atoms with van der Waals surface area (Å²) in [7, 11) is 0. The molecule has 0 radical (unpaired) electrons. The van der Waals surface area contributed by atoms with Gasteiger partial charge in [0.2, 0.25) is 0 Å². The van der Waals surface area contributed by atoms with E-state index in [4.69, 9.17) is 0 Å². The molecule has 0 aromatic carbocycles. The van der Waals surface area contributed by atoms with Gasteiger partial charge in [0.05, 0.1) is 0 Å². The molecule has 1 aromatic heterocycles. The molecular weight excluding hydrogens is 238 g/mol. The summed E-state index contributed by atoms with van der Waals surface area (Å²) < 4.78 is 0. The van der Waals surface area contributed by atoms with Gasteiger partial charge in [0.25, 0.3) is 0 Å². The average Bonchev–Trinajstić information content (AvgIpc) is 2.87. The van der Waals surface area contributed by atoms with Crippen LogP contribution in [0.3, 0.4) is 0 Å². The quantitative estimate of drug-likeness (QED) is 0.793. The smallest absolute Gasteiger partial charge is 0.0164 e. The maximum absolute atomic E-state index is 3.79. The van der Waals surface area contributed by atoms with Gasteiger partial charge in [-0.25, -0.2) is 0 Å². The Labute approximate surface area is 116 Å². The largest absolute Gasteiger partial charge is 0.313 e. The molecule has 0 fully saturated rings. The third-order valence-electron chi connectivity index (χ3n) is 4.53. The first-order valence-electron chi connectivity index (χ1n) is 7.61. The first-order valence-corrected chi connectivity index (χ1v) is 8.49. The van der Waals surface area contributed by atoms with Crippen LogP contribution in [-0.2, 0) is 6.42 Å². The van der Waals surface area contributed by atoms with Gasteiger partial charge < -0.3 is 5.32 Å². The van der Waals surface area contributed by atoms with Crippen LogP contribution in [0, 0.1) is 5.92 Å². The molecule has 0 saturated heterocycles. The van der Waals surface area contributed by atoms with Crippen LogP contribution in [0.25, 0.3) is 0 Å². The summed E-state index contributed by atoms with van der Waals surface area (Å²) in [5.74, 6) is 1.57. The molecule has 1 nitrogen and oxygen atoms in total. The van der Waals surface area contributed by atoms with Gasteiger partial charge in [-0.05, 0) is 48.7 Å². The highest BCUT2D eigenvalue weighted by atomic mass is 32.1. The molecule has 2 atom stereocenters. The molecule has 1 heterocycles. The Morgan fingerprint density at radius 2 is 2.11 bits per heavy atom. The fourth-order valence-electron chi connectivity index (χ4n) is 3.56. The van der Waals surface area contributed by atoms with E-state index in [9.17, 15) is 0 Å². The molecule has 1 N–H and O–H groups in total. The van der Waals surface area contributed by atoms with Gasteiger partial charge in [-0.3, -0.25) is 0 Å². The van der Waals surface area contributed by atoms with Crippen molar-refractivity contribution in [3.05, 3.63) is 21.9 Å². The molecule has 0 aliphatic heterocycles. The van der Waals surface area contributed by atoms with Crippen LogP contribution in [0.1, 0.15) is 62.8 Å². The lowest BCUT2D eigenvalue weighted by molar-refractivity contribution is 0.277. The van der Waals surface area contributed by atoms with Crippen molar-refractivity contribution in [3.8, 4) is 0 Å². The van der Waals surface area contributed by atoms with Crippen LogP contribution in [0.5, 0.6) is 0 Å². The number of aryl methyl sites for hydroxylation is 1. The molecule has 2 unspecified atom stereocenters. The summed E-state index contributed by atoms with van der Waals surface area (Å²) in [6, 6.07) is 3.06. The Bertz CT molecular complexity index is 354. The number of hydrogen-bond donors (Lipinski definition) is 1. The van der Waals surface area contributed by atoms with Gasteiger partial charge in [-0.15, -0.1) is 11.3 Å². The summed E-state index contributed by atoms with van der Waals surface area (Å²) >= 11 is 1.96. The van der Waals surface area contributed by atoms with Gasteiger partial charge in [0, 0.05) is 16.8 Å². The second kappa shape index (κ2) is 6.72.